The normalized spacial score (nSPS) is 11.9. The summed E-state index contributed by atoms with van der Waals surface area (Å²) in [5.74, 6) is 0.570. The zero-order valence-corrected chi connectivity index (χ0v) is 13.7. The van der Waals surface area contributed by atoms with Crippen molar-refractivity contribution in [2.75, 3.05) is 5.32 Å². The molecule has 3 aromatic rings. The van der Waals surface area contributed by atoms with Crippen LogP contribution in [-0.4, -0.2) is 15.0 Å². The molecular weight excluding hydrogens is 340 g/mol. The van der Waals surface area contributed by atoms with Gasteiger partial charge in [0.25, 0.3) is 0 Å². The molecule has 0 spiro atoms. The van der Waals surface area contributed by atoms with Crippen molar-refractivity contribution in [3.63, 3.8) is 0 Å². The van der Waals surface area contributed by atoms with Crippen LogP contribution >= 0.6 is 15.9 Å². The molecule has 0 aliphatic heterocycles. The summed E-state index contributed by atoms with van der Waals surface area (Å²) in [6, 6.07) is 14.1. The zero-order chi connectivity index (χ0) is 15.4. The van der Waals surface area contributed by atoms with Crippen molar-refractivity contribution in [1.82, 2.24) is 15.0 Å². The number of halogens is 1. The summed E-state index contributed by atoms with van der Waals surface area (Å²) < 4.78 is 0.850. The van der Waals surface area contributed by atoms with Gasteiger partial charge in [-0.25, -0.2) is 9.97 Å². The Balaban J connectivity index is 1.98. The summed E-state index contributed by atoms with van der Waals surface area (Å²) in [7, 11) is 0. The van der Waals surface area contributed by atoms with Crippen molar-refractivity contribution >= 4 is 21.9 Å². The van der Waals surface area contributed by atoms with Crippen molar-refractivity contribution in [3.8, 4) is 0 Å². The molecule has 0 saturated heterocycles. The van der Waals surface area contributed by atoms with Crippen LogP contribution in [0.5, 0.6) is 0 Å². The van der Waals surface area contributed by atoms with Gasteiger partial charge in [0.15, 0.2) is 0 Å². The van der Waals surface area contributed by atoms with E-state index >= 15 is 0 Å². The molecule has 3 rings (SSSR count). The van der Waals surface area contributed by atoms with Crippen LogP contribution < -0.4 is 5.32 Å². The Labute approximate surface area is 137 Å². The highest BCUT2D eigenvalue weighted by Gasteiger charge is 2.16. The molecule has 110 valence electrons. The lowest BCUT2D eigenvalue weighted by Gasteiger charge is -2.19. The van der Waals surface area contributed by atoms with Crippen LogP contribution in [-0.2, 0) is 0 Å². The number of hydrogen-bond donors (Lipinski definition) is 1. The quantitative estimate of drug-likeness (QED) is 0.764. The van der Waals surface area contributed by atoms with E-state index < -0.39 is 0 Å². The summed E-state index contributed by atoms with van der Waals surface area (Å²) in [4.78, 5) is 13.1. The van der Waals surface area contributed by atoms with Crippen LogP contribution in [0.2, 0.25) is 0 Å². The van der Waals surface area contributed by atoms with E-state index in [1.165, 1.54) is 5.56 Å². The number of benzene rings is 1. The van der Waals surface area contributed by atoms with E-state index in [4.69, 9.17) is 0 Å². The molecule has 0 bridgehead atoms. The highest BCUT2D eigenvalue weighted by molar-refractivity contribution is 9.10. The molecule has 1 aromatic carbocycles. The third-order valence-corrected chi connectivity index (χ3v) is 3.66. The van der Waals surface area contributed by atoms with Gasteiger partial charge >= 0.3 is 0 Å². The fourth-order valence-corrected chi connectivity index (χ4v) is 2.45. The predicted octanol–water partition coefficient (Wildman–Crippen LogP) is 4.14. The molecule has 0 aliphatic rings. The van der Waals surface area contributed by atoms with Crippen LogP contribution in [0.3, 0.4) is 0 Å². The van der Waals surface area contributed by atoms with Crippen molar-refractivity contribution < 1.29 is 0 Å². The lowest BCUT2D eigenvalue weighted by molar-refractivity contribution is 0.863. The first kappa shape index (κ1) is 14.7. The van der Waals surface area contributed by atoms with Gasteiger partial charge in [0.2, 0.25) is 5.95 Å². The number of aryl methyl sites for hydroxylation is 1. The Hall–Kier alpha value is -2.27. The molecule has 1 atom stereocenters. The Morgan fingerprint density at radius 2 is 1.82 bits per heavy atom. The van der Waals surface area contributed by atoms with E-state index in [1.54, 1.807) is 18.6 Å². The second kappa shape index (κ2) is 6.66. The van der Waals surface area contributed by atoms with E-state index in [0.717, 1.165) is 15.7 Å². The molecule has 0 amide bonds. The monoisotopic (exact) mass is 354 g/mol. The van der Waals surface area contributed by atoms with Gasteiger partial charge in [-0.2, -0.15) is 0 Å². The number of nitrogens with zero attached hydrogens (tertiary/aromatic N) is 3. The molecule has 2 aromatic heterocycles. The molecule has 0 radical (unpaired) electrons. The number of pyridine rings is 1. The highest BCUT2D eigenvalue weighted by Crippen LogP contribution is 2.24. The third kappa shape index (κ3) is 3.49. The second-order valence-electron chi connectivity index (χ2n) is 4.97. The summed E-state index contributed by atoms with van der Waals surface area (Å²) >= 11 is 3.35. The van der Waals surface area contributed by atoms with Crippen LogP contribution in [0.15, 0.2) is 65.5 Å². The smallest absolute Gasteiger partial charge is 0.223 e. The van der Waals surface area contributed by atoms with Crippen molar-refractivity contribution in [2.45, 2.75) is 13.0 Å². The Morgan fingerprint density at radius 3 is 2.50 bits per heavy atom. The topological polar surface area (TPSA) is 50.7 Å². The fraction of sp³-hybridized carbons (Fsp3) is 0.118. The van der Waals surface area contributed by atoms with Crippen molar-refractivity contribution in [3.05, 3.63) is 82.3 Å². The van der Waals surface area contributed by atoms with Crippen LogP contribution in [0.1, 0.15) is 22.9 Å². The molecule has 1 unspecified atom stereocenters. The molecule has 22 heavy (non-hydrogen) atoms. The molecule has 0 fully saturated rings. The van der Waals surface area contributed by atoms with E-state index in [0.29, 0.717) is 5.95 Å². The first-order valence-corrected chi connectivity index (χ1v) is 7.73. The minimum atomic E-state index is -0.0951. The first-order chi connectivity index (χ1) is 10.7. The molecule has 1 N–H and O–H groups in total. The number of nitrogens with one attached hydrogen (secondary N) is 1. The lowest BCUT2D eigenvalue weighted by Crippen LogP contribution is -2.15. The van der Waals surface area contributed by atoms with Gasteiger partial charge in [0.1, 0.15) is 0 Å². The second-order valence-corrected chi connectivity index (χ2v) is 5.89. The SMILES string of the molecule is Cc1cccc(C(Nc2ncc(Br)cn2)c2ccccn2)c1. The van der Waals surface area contributed by atoms with E-state index in [1.807, 2.05) is 24.3 Å². The van der Waals surface area contributed by atoms with Gasteiger partial charge in [0.05, 0.1) is 16.2 Å². The van der Waals surface area contributed by atoms with Crippen LogP contribution in [0.25, 0.3) is 0 Å². The van der Waals surface area contributed by atoms with Gasteiger partial charge in [-0.05, 0) is 40.5 Å². The predicted molar refractivity (Wildman–Crippen MR) is 90.6 cm³/mol. The van der Waals surface area contributed by atoms with E-state index in [2.05, 4.69) is 61.3 Å². The summed E-state index contributed by atoms with van der Waals surface area (Å²) in [5, 5.41) is 3.36. The number of aromatic nitrogens is 3. The maximum atomic E-state index is 4.47. The standard InChI is InChI=1S/C17H15BrN4/c1-12-5-4-6-13(9-12)16(15-7-2-3-8-19-15)22-17-20-10-14(18)11-21-17/h2-11,16H,1H3,(H,20,21,22). The van der Waals surface area contributed by atoms with Gasteiger partial charge < -0.3 is 5.32 Å². The molecule has 0 aliphatic carbocycles. The number of rotatable bonds is 4. The summed E-state index contributed by atoms with van der Waals surface area (Å²) in [5.41, 5.74) is 3.27. The van der Waals surface area contributed by atoms with Gasteiger partial charge in [-0.15, -0.1) is 0 Å². The number of hydrogen-bond acceptors (Lipinski definition) is 4. The van der Waals surface area contributed by atoms with Crippen LogP contribution in [0, 0.1) is 6.92 Å². The van der Waals surface area contributed by atoms with E-state index in [9.17, 15) is 0 Å². The zero-order valence-electron chi connectivity index (χ0n) is 12.1. The fourth-order valence-electron chi connectivity index (χ4n) is 2.24. The molecule has 4 nitrogen and oxygen atoms in total. The first-order valence-electron chi connectivity index (χ1n) is 6.94. The van der Waals surface area contributed by atoms with Gasteiger partial charge in [-0.3, -0.25) is 4.98 Å². The van der Waals surface area contributed by atoms with Crippen molar-refractivity contribution in [2.24, 2.45) is 0 Å². The maximum absolute atomic E-state index is 4.47. The largest absolute Gasteiger partial charge is 0.342 e. The summed E-state index contributed by atoms with van der Waals surface area (Å²) in [6.07, 6.45) is 5.24. The molecule has 5 heteroatoms. The van der Waals surface area contributed by atoms with Gasteiger partial charge in [-0.1, -0.05) is 35.9 Å². The molecule has 2 heterocycles. The lowest BCUT2D eigenvalue weighted by atomic mass is 10.0. The van der Waals surface area contributed by atoms with Gasteiger partial charge in [0, 0.05) is 18.6 Å². The average Bonchev–Trinajstić information content (AvgIpc) is 2.55. The average molecular weight is 355 g/mol. The molecular formula is C17H15BrN4. The highest BCUT2D eigenvalue weighted by atomic mass is 79.9. The Kier molecular flexibility index (Phi) is 4.44. The Bertz CT molecular complexity index is 744. The summed E-state index contributed by atoms with van der Waals surface area (Å²) in [6.45, 7) is 2.08. The van der Waals surface area contributed by atoms with E-state index in [-0.39, 0.29) is 6.04 Å². The molecule has 0 saturated carbocycles. The van der Waals surface area contributed by atoms with Crippen LogP contribution in [0.4, 0.5) is 5.95 Å². The number of anilines is 1. The minimum Gasteiger partial charge on any atom is -0.342 e. The third-order valence-electron chi connectivity index (χ3n) is 3.25. The maximum Gasteiger partial charge on any atom is 0.223 e. The Morgan fingerprint density at radius 1 is 1.00 bits per heavy atom. The minimum absolute atomic E-state index is 0.0951. The van der Waals surface area contributed by atoms with Crippen molar-refractivity contribution in [1.29, 1.82) is 0 Å².